The Morgan fingerprint density at radius 1 is 1.14 bits per heavy atom. The third kappa shape index (κ3) is 1.80. The number of hydrogen-bond acceptors (Lipinski definition) is 3. The van der Waals surface area contributed by atoms with Crippen LogP contribution in [0.4, 0.5) is 14.5 Å². The molecule has 6 heteroatoms. The van der Waals surface area contributed by atoms with Crippen molar-refractivity contribution in [1.29, 1.82) is 0 Å². The van der Waals surface area contributed by atoms with Crippen molar-refractivity contribution in [2.24, 2.45) is 0 Å². The summed E-state index contributed by atoms with van der Waals surface area (Å²) in [7, 11) is 1.49. The molecule has 2 N–H and O–H groups in total. The van der Waals surface area contributed by atoms with Gasteiger partial charge in [0.25, 0.3) is 5.91 Å². The predicted molar refractivity (Wildman–Crippen MR) is 71.0 cm³/mol. The molecule has 0 aromatic heterocycles. The molecule has 1 aliphatic heterocycles. The first-order chi connectivity index (χ1) is 9.98. The molecule has 0 radical (unpaired) electrons. The number of nitrogens with one attached hydrogen (secondary N) is 1. The molecule has 0 fully saturated rings. The summed E-state index contributed by atoms with van der Waals surface area (Å²) in [5.74, 6) is -2.56. The van der Waals surface area contributed by atoms with Crippen LogP contribution in [-0.4, -0.2) is 18.1 Å². The molecule has 3 rings (SSSR count). The molecular weight excluding hydrogens is 280 g/mol. The molecule has 2 aromatic rings. The molecule has 0 saturated carbocycles. The van der Waals surface area contributed by atoms with E-state index in [-0.39, 0.29) is 16.8 Å². The maximum Gasteiger partial charge on any atom is 0.265 e. The minimum absolute atomic E-state index is 0.0171. The van der Waals surface area contributed by atoms with Gasteiger partial charge < -0.3 is 15.2 Å². The second kappa shape index (κ2) is 4.53. The van der Waals surface area contributed by atoms with Gasteiger partial charge in [-0.05, 0) is 23.8 Å². The Bertz CT molecular complexity index is 730. The van der Waals surface area contributed by atoms with Crippen LogP contribution in [0.5, 0.6) is 5.75 Å². The van der Waals surface area contributed by atoms with Crippen LogP contribution in [-0.2, 0) is 10.4 Å². The van der Waals surface area contributed by atoms with Crippen LogP contribution in [0, 0.1) is 11.6 Å². The minimum Gasteiger partial charge on any atom is -0.497 e. The molecule has 1 atom stereocenters. The Balaban J connectivity index is 2.18. The summed E-state index contributed by atoms with van der Waals surface area (Å²) in [4.78, 5) is 12.1. The number of amides is 1. The molecule has 21 heavy (non-hydrogen) atoms. The highest BCUT2D eigenvalue weighted by atomic mass is 19.2. The maximum atomic E-state index is 13.7. The van der Waals surface area contributed by atoms with Gasteiger partial charge in [-0.15, -0.1) is 0 Å². The van der Waals surface area contributed by atoms with Crippen LogP contribution >= 0.6 is 0 Å². The van der Waals surface area contributed by atoms with Crippen LogP contribution in [0.15, 0.2) is 36.4 Å². The van der Waals surface area contributed by atoms with Crippen LogP contribution in [0.1, 0.15) is 11.1 Å². The maximum absolute atomic E-state index is 13.7. The number of methoxy groups -OCH3 is 1. The fourth-order valence-electron chi connectivity index (χ4n) is 2.42. The fraction of sp³-hybridized carbons (Fsp3) is 0.133. The van der Waals surface area contributed by atoms with E-state index in [2.05, 4.69) is 5.32 Å². The lowest BCUT2D eigenvalue weighted by atomic mass is 9.87. The van der Waals surface area contributed by atoms with Gasteiger partial charge in [-0.25, -0.2) is 8.78 Å². The number of ether oxygens (including phenoxy) is 1. The molecule has 1 aliphatic rings. The molecule has 0 aliphatic carbocycles. The first kappa shape index (κ1) is 13.5. The Kier molecular flexibility index (Phi) is 2.91. The van der Waals surface area contributed by atoms with Crippen LogP contribution in [0.25, 0.3) is 0 Å². The van der Waals surface area contributed by atoms with E-state index in [1.165, 1.54) is 25.3 Å². The largest absolute Gasteiger partial charge is 0.497 e. The minimum atomic E-state index is -2.06. The first-order valence-electron chi connectivity index (χ1n) is 6.15. The average Bonchev–Trinajstić information content (AvgIpc) is 2.77. The Labute approximate surface area is 119 Å². The normalized spacial score (nSPS) is 20.1. The van der Waals surface area contributed by atoms with Crippen molar-refractivity contribution in [3.05, 3.63) is 59.2 Å². The summed E-state index contributed by atoms with van der Waals surface area (Å²) in [6.45, 7) is 0. The van der Waals surface area contributed by atoms with Crippen LogP contribution in [0.2, 0.25) is 0 Å². The summed E-state index contributed by atoms with van der Waals surface area (Å²) in [5.41, 5.74) is -2.17. The van der Waals surface area contributed by atoms with E-state index in [0.29, 0.717) is 5.75 Å². The Morgan fingerprint density at radius 3 is 2.43 bits per heavy atom. The number of fused-ring (bicyclic) bond motifs is 1. The molecule has 0 saturated heterocycles. The van der Waals surface area contributed by atoms with E-state index in [1.807, 2.05) is 0 Å². The summed E-state index contributed by atoms with van der Waals surface area (Å²) < 4.78 is 32.0. The van der Waals surface area contributed by atoms with Gasteiger partial charge in [0.15, 0.2) is 17.2 Å². The molecule has 0 spiro atoms. The third-order valence-corrected chi connectivity index (χ3v) is 3.56. The standard InChI is InChI=1S/C15H11F2NO3/c1-21-9-4-2-8(3-5-9)15(20)10-6-7-11(16)12(17)13(10)18-14(15)19/h2-7,20H,1H3,(H,18,19). The van der Waals surface area contributed by atoms with E-state index in [1.54, 1.807) is 12.1 Å². The van der Waals surface area contributed by atoms with E-state index < -0.39 is 23.1 Å². The number of rotatable bonds is 2. The highest BCUT2D eigenvalue weighted by Crippen LogP contribution is 2.42. The summed E-state index contributed by atoms with van der Waals surface area (Å²) in [5, 5.41) is 12.9. The van der Waals surface area contributed by atoms with Gasteiger partial charge in [-0.3, -0.25) is 4.79 Å². The number of hydrogen-bond donors (Lipinski definition) is 2. The molecule has 4 nitrogen and oxygen atoms in total. The molecule has 2 aromatic carbocycles. The first-order valence-corrected chi connectivity index (χ1v) is 6.15. The quantitative estimate of drug-likeness (QED) is 0.891. The zero-order valence-corrected chi connectivity index (χ0v) is 11.0. The molecule has 1 heterocycles. The Morgan fingerprint density at radius 2 is 1.81 bits per heavy atom. The van der Waals surface area contributed by atoms with Crippen LogP contribution < -0.4 is 10.1 Å². The topological polar surface area (TPSA) is 58.6 Å². The van der Waals surface area contributed by atoms with E-state index in [0.717, 1.165) is 6.07 Å². The second-order valence-electron chi connectivity index (χ2n) is 4.68. The second-order valence-corrected chi connectivity index (χ2v) is 4.68. The summed E-state index contributed by atoms with van der Waals surface area (Å²) in [6.07, 6.45) is 0. The highest BCUT2D eigenvalue weighted by Gasteiger charge is 2.48. The number of halogens is 2. The summed E-state index contributed by atoms with van der Waals surface area (Å²) >= 11 is 0. The van der Waals surface area contributed by atoms with Crippen LogP contribution in [0.3, 0.4) is 0 Å². The lowest BCUT2D eigenvalue weighted by Gasteiger charge is -2.21. The predicted octanol–water partition coefficient (Wildman–Crippen LogP) is 2.16. The van der Waals surface area contributed by atoms with Gasteiger partial charge in [-0.1, -0.05) is 18.2 Å². The lowest BCUT2D eigenvalue weighted by molar-refractivity contribution is -0.129. The van der Waals surface area contributed by atoms with Gasteiger partial charge in [0.1, 0.15) is 5.75 Å². The van der Waals surface area contributed by atoms with Crippen molar-refractivity contribution >= 4 is 11.6 Å². The SMILES string of the molecule is COc1ccc(C2(O)C(=O)Nc3c2ccc(F)c3F)cc1. The van der Waals surface area contributed by atoms with Crippen molar-refractivity contribution in [2.75, 3.05) is 12.4 Å². The van der Waals surface area contributed by atoms with Gasteiger partial charge in [0.2, 0.25) is 0 Å². The third-order valence-electron chi connectivity index (χ3n) is 3.56. The fourth-order valence-corrected chi connectivity index (χ4v) is 2.42. The van der Waals surface area contributed by atoms with Gasteiger partial charge in [0, 0.05) is 5.56 Å². The molecule has 1 amide bonds. The lowest BCUT2D eigenvalue weighted by Crippen LogP contribution is -2.35. The van der Waals surface area contributed by atoms with Gasteiger partial charge in [0.05, 0.1) is 12.8 Å². The molecule has 108 valence electrons. The number of anilines is 1. The zero-order valence-electron chi connectivity index (χ0n) is 11.0. The van der Waals surface area contributed by atoms with E-state index in [4.69, 9.17) is 4.74 Å². The molecule has 0 bridgehead atoms. The molecule has 1 unspecified atom stereocenters. The van der Waals surface area contributed by atoms with Crippen molar-refractivity contribution in [3.8, 4) is 5.75 Å². The highest BCUT2D eigenvalue weighted by molar-refractivity contribution is 6.07. The molecular formula is C15H11F2NO3. The number of aliphatic hydroxyl groups is 1. The van der Waals surface area contributed by atoms with Crippen molar-refractivity contribution in [1.82, 2.24) is 0 Å². The summed E-state index contributed by atoms with van der Waals surface area (Å²) in [6, 6.07) is 8.19. The number of carbonyl (C=O) groups excluding carboxylic acids is 1. The number of carbonyl (C=O) groups is 1. The van der Waals surface area contributed by atoms with E-state index >= 15 is 0 Å². The van der Waals surface area contributed by atoms with Crippen molar-refractivity contribution in [3.63, 3.8) is 0 Å². The Hall–Kier alpha value is -2.47. The number of benzene rings is 2. The van der Waals surface area contributed by atoms with Crippen molar-refractivity contribution < 1.29 is 23.4 Å². The van der Waals surface area contributed by atoms with Crippen molar-refractivity contribution in [2.45, 2.75) is 5.60 Å². The average molecular weight is 291 g/mol. The van der Waals surface area contributed by atoms with Gasteiger partial charge in [-0.2, -0.15) is 0 Å². The smallest absolute Gasteiger partial charge is 0.265 e. The zero-order chi connectivity index (χ0) is 15.2. The van der Waals surface area contributed by atoms with Gasteiger partial charge >= 0.3 is 0 Å². The van der Waals surface area contributed by atoms with E-state index in [9.17, 15) is 18.7 Å². The monoisotopic (exact) mass is 291 g/mol.